The fourth-order valence-corrected chi connectivity index (χ4v) is 1.76. The zero-order valence-corrected chi connectivity index (χ0v) is 12.1. The number of nitrogens with zero attached hydrogens (tertiary/aromatic N) is 1. The monoisotopic (exact) mass is 250 g/mol. The number of nitrogens with one attached hydrogen (secondary N) is 1. The first kappa shape index (κ1) is 15.2. The maximum atomic E-state index is 5.21. The Morgan fingerprint density at radius 1 is 1.22 bits per heavy atom. The summed E-state index contributed by atoms with van der Waals surface area (Å²) in [7, 11) is 3.90. The topological polar surface area (TPSA) is 24.5 Å². The van der Waals surface area contributed by atoms with Gasteiger partial charge in [0.05, 0.1) is 6.61 Å². The van der Waals surface area contributed by atoms with Crippen LogP contribution in [0, 0.1) is 0 Å². The lowest BCUT2D eigenvalue weighted by molar-refractivity contribution is 0.184. The minimum Gasteiger partial charge on any atom is -0.380 e. The van der Waals surface area contributed by atoms with Crippen molar-refractivity contribution in [2.75, 3.05) is 27.2 Å². The Hall–Kier alpha value is -0.900. The molecule has 0 spiro atoms. The Morgan fingerprint density at radius 2 is 1.89 bits per heavy atom. The van der Waals surface area contributed by atoms with Gasteiger partial charge in [0.1, 0.15) is 0 Å². The van der Waals surface area contributed by atoms with E-state index in [1.165, 1.54) is 11.1 Å². The van der Waals surface area contributed by atoms with Gasteiger partial charge in [-0.1, -0.05) is 24.3 Å². The molecule has 0 radical (unpaired) electrons. The molecule has 0 aliphatic carbocycles. The molecule has 0 aliphatic heterocycles. The maximum Gasteiger partial charge on any atom is 0.0716 e. The van der Waals surface area contributed by atoms with E-state index in [4.69, 9.17) is 4.74 Å². The highest BCUT2D eigenvalue weighted by molar-refractivity contribution is 5.26. The fourth-order valence-electron chi connectivity index (χ4n) is 1.76. The standard InChI is InChI=1S/C15H26N2O/c1-13(2)17(3)10-9-16-11-14-7-5-6-8-15(14)12-18-4/h5-8,13,16H,9-12H2,1-4H3. The van der Waals surface area contributed by atoms with Crippen molar-refractivity contribution in [3.8, 4) is 0 Å². The van der Waals surface area contributed by atoms with Crippen molar-refractivity contribution in [2.45, 2.75) is 33.0 Å². The van der Waals surface area contributed by atoms with Crippen LogP contribution in [0.3, 0.4) is 0 Å². The average Bonchev–Trinajstić information content (AvgIpc) is 2.36. The molecule has 0 bridgehead atoms. The molecule has 1 aromatic carbocycles. The molecule has 102 valence electrons. The summed E-state index contributed by atoms with van der Waals surface area (Å²) in [4.78, 5) is 2.34. The van der Waals surface area contributed by atoms with Gasteiger partial charge in [0.25, 0.3) is 0 Å². The number of likely N-dealkylation sites (N-methyl/N-ethyl adjacent to an activating group) is 1. The molecule has 0 saturated carbocycles. The van der Waals surface area contributed by atoms with Crippen molar-refractivity contribution in [2.24, 2.45) is 0 Å². The molecule has 0 saturated heterocycles. The molecule has 0 atom stereocenters. The molecule has 1 rings (SSSR count). The summed E-state index contributed by atoms with van der Waals surface area (Å²) in [5.41, 5.74) is 2.59. The third-order valence-electron chi connectivity index (χ3n) is 3.26. The highest BCUT2D eigenvalue weighted by Crippen LogP contribution is 2.09. The second-order valence-corrected chi connectivity index (χ2v) is 4.95. The number of benzene rings is 1. The first-order valence-electron chi connectivity index (χ1n) is 6.61. The Morgan fingerprint density at radius 3 is 2.50 bits per heavy atom. The zero-order valence-electron chi connectivity index (χ0n) is 12.1. The molecule has 3 heteroatoms. The van der Waals surface area contributed by atoms with Crippen molar-refractivity contribution in [3.05, 3.63) is 35.4 Å². The number of ether oxygens (including phenoxy) is 1. The first-order valence-corrected chi connectivity index (χ1v) is 6.61. The van der Waals surface area contributed by atoms with Gasteiger partial charge >= 0.3 is 0 Å². The highest BCUT2D eigenvalue weighted by atomic mass is 16.5. The summed E-state index contributed by atoms with van der Waals surface area (Å²) in [5.74, 6) is 0. The van der Waals surface area contributed by atoms with Gasteiger partial charge in [-0.2, -0.15) is 0 Å². The van der Waals surface area contributed by atoms with Gasteiger partial charge in [-0.05, 0) is 32.0 Å². The summed E-state index contributed by atoms with van der Waals surface area (Å²) >= 11 is 0. The van der Waals surface area contributed by atoms with Crippen LogP contribution in [0.15, 0.2) is 24.3 Å². The van der Waals surface area contributed by atoms with Crippen molar-refractivity contribution in [3.63, 3.8) is 0 Å². The maximum absolute atomic E-state index is 5.21. The highest BCUT2D eigenvalue weighted by Gasteiger charge is 2.03. The number of methoxy groups -OCH3 is 1. The third-order valence-corrected chi connectivity index (χ3v) is 3.26. The first-order chi connectivity index (χ1) is 8.65. The summed E-state index contributed by atoms with van der Waals surface area (Å²) in [6.07, 6.45) is 0. The van der Waals surface area contributed by atoms with Gasteiger partial charge in [0, 0.05) is 32.8 Å². The minimum atomic E-state index is 0.604. The van der Waals surface area contributed by atoms with Crippen LogP contribution in [0.5, 0.6) is 0 Å². The molecule has 18 heavy (non-hydrogen) atoms. The van der Waals surface area contributed by atoms with Gasteiger partial charge in [-0.25, -0.2) is 0 Å². The van der Waals surface area contributed by atoms with Crippen LogP contribution in [0.2, 0.25) is 0 Å². The van der Waals surface area contributed by atoms with Gasteiger partial charge in [0.2, 0.25) is 0 Å². The van der Waals surface area contributed by atoms with Crippen LogP contribution in [-0.2, 0) is 17.9 Å². The largest absolute Gasteiger partial charge is 0.380 e. The van der Waals surface area contributed by atoms with Crippen molar-refractivity contribution < 1.29 is 4.74 Å². The van der Waals surface area contributed by atoms with E-state index in [-0.39, 0.29) is 0 Å². The van der Waals surface area contributed by atoms with Crippen molar-refractivity contribution in [1.82, 2.24) is 10.2 Å². The summed E-state index contributed by atoms with van der Waals surface area (Å²) in [5, 5.41) is 3.49. The molecule has 3 nitrogen and oxygen atoms in total. The van der Waals surface area contributed by atoms with Crippen molar-refractivity contribution >= 4 is 0 Å². The lowest BCUT2D eigenvalue weighted by atomic mass is 10.1. The van der Waals surface area contributed by atoms with Crippen molar-refractivity contribution in [1.29, 1.82) is 0 Å². The summed E-state index contributed by atoms with van der Waals surface area (Å²) < 4.78 is 5.21. The molecule has 0 aliphatic rings. The van der Waals surface area contributed by atoms with E-state index < -0.39 is 0 Å². The second-order valence-electron chi connectivity index (χ2n) is 4.95. The van der Waals surface area contributed by atoms with E-state index in [1.807, 2.05) is 0 Å². The quantitative estimate of drug-likeness (QED) is 0.716. The van der Waals surface area contributed by atoms with Crippen LogP contribution in [0.4, 0.5) is 0 Å². The molecular formula is C15H26N2O. The van der Waals surface area contributed by atoms with Gasteiger partial charge in [-0.15, -0.1) is 0 Å². The SMILES string of the molecule is COCc1ccccc1CNCCN(C)C(C)C. The van der Waals surface area contributed by atoms with Crippen LogP contribution < -0.4 is 5.32 Å². The van der Waals surface area contributed by atoms with E-state index in [1.54, 1.807) is 7.11 Å². The molecule has 0 heterocycles. The zero-order chi connectivity index (χ0) is 13.4. The molecule has 0 aromatic heterocycles. The molecule has 0 fully saturated rings. The van der Waals surface area contributed by atoms with Crippen LogP contribution in [0.1, 0.15) is 25.0 Å². The number of hydrogen-bond donors (Lipinski definition) is 1. The third kappa shape index (κ3) is 5.17. The molecule has 0 unspecified atom stereocenters. The molecule has 0 amide bonds. The van der Waals surface area contributed by atoms with E-state index in [0.717, 1.165) is 19.6 Å². The van der Waals surface area contributed by atoms with E-state index in [0.29, 0.717) is 12.6 Å². The van der Waals surface area contributed by atoms with Crippen LogP contribution >= 0.6 is 0 Å². The Kier molecular flexibility index (Phi) is 6.94. The number of hydrogen-bond acceptors (Lipinski definition) is 3. The van der Waals surface area contributed by atoms with Gasteiger partial charge < -0.3 is 15.0 Å². The summed E-state index contributed by atoms with van der Waals surface area (Å²) in [6, 6.07) is 9.03. The lowest BCUT2D eigenvalue weighted by Crippen LogP contribution is -2.33. The van der Waals surface area contributed by atoms with Crippen LogP contribution in [-0.4, -0.2) is 38.2 Å². The van der Waals surface area contributed by atoms with Gasteiger partial charge in [0.15, 0.2) is 0 Å². The average molecular weight is 250 g/mol. The van der Waals surface area contributed by atoms with Gasteiger partial charge in [-0.3, -0.25) is 0 Å². The smallest absolute Gasteiger partial charge is 0.0716 e. The number of rotatable bonds is 8. The van der Waals surface area contributed by atoms with Crippen LogP contribution in [0.25, 0.3) is 0 Å². The lowest BCUT2D eigenvalue weighted by Gasteiger charge is -2.21. The Bertz CT molecular complexity index is 339. The summed E-state index contributed by atoms with van der Waals surface area (Å²) in [6.45, 7) is 8.11. The second kappa shape index (κ2) is 8.25. The van der Waals surface area contributed by atoms with E-state index in [2.05, 4.69) is 55.4 Å². The Labute approximate surface area is 111 Å². The van der Waals surface area contributed by atoms with E-state index >= 15 is 0 Å². The minimum absolute atomic E-state index is 0.604. The Balaban J connectivity index is 2.35. The van der Waals surface area contributed by atoms with E-state index in [9.17, 15) is 0 Å². The fraction of sp³-hybridized carbons (Fsp3) is 0.600. The molecule has 1 aromatic rings. The predicted octanol–water partition coefficient (Wildman–Crippen LogP) is 2.26. The molecule has 1 N–H and O–H groups in total. The normalized spacial score (nSPS) is 11.4. The molecular weight excluding hydrogens is 224 g/mol. The predicted molar refractivity (Wildman–Crippen MR) is 76.6 cm³/mol.